The third-order valence-corrected chi connectivity index (χ3v) is 4.99. The molecule has 0 aromatic carbocycles. The van der Waals surface area contributed by atoms with E-state index in [4.69, 9.17) is 4.74 Å². The molecule has 0 aromatic heterocycles. The molecule has 3 nitrogen and oxygen atoms in total. The summed E-state index contributed by atoms with van der Waals surface area (Å²) in [5.74, 6) is 1.24. The molecule has 0 bridgehead atoms. The smallest absolute Gasteiger partial charge is 0.308 e. The van der Waals surface area contributed by atoms with Crippen molar-refractivity contribution in [2.24, 2.45) is 23.7 Å². The van der Waals surface area contributed by atoms with Crippen LogP contribution < -0.4 is 0 Å². The zero-order chi connectivity index (χ0) is 13.1. The second kappa shape index (κ2) is 5.85. The molecule has 0 unspecified atom stereocenters. The summed E-state index contributed by atoms with van der Waals surface area (Å²) in [5, 5.41) is 0. The molecular formula is C15H24O3. The highest BCUT2D eigenvalue weighted by Crippen LogP contribution is 2.42. The molecule has 3 heteroatoms. The number of hydrogen-bond acceptors (Lipinski definition) is 3. The average Bonchev–Trinajstić information content (AvgIpc) is 2.40. The maximum Gasteiger partial charge on any atom is 0.308 e. The van der Waals surface area contributed by atoms with E-state index in [1.54, 1.807) is 0 Å². The number of carbonyl (C=O) groups excluding carboxylic acids is 2. The van der Waals surface area contributed by atoms with Crippen LogP contribution >= 0.6 is 0 Å². The zero-order valence-corrected chi connectivity index (χ0v) is 11.5. The molecular weight excluding hydrogens is 228 g/mol. The Kier molecular flexibility index (Phi) is 4.41. The lowest BCUT2D eigenvalue weighted by Gasteiger charge is -2.39. The summed E-state index contributed by atoms with van der Waals surface area (Å²) < 4.78 is 4.94. The van der Waals surface area contributed by atoms with Gasteiger partial charge in [-0.3, -0.25) is 9.59 Å². The first-order chi connectivity index (χ1) is 8.65. The number of carbonyl (C=O) groups is 2. The summed E-state index contributed by atoms with van der Waals surface area (Å²) in [7, 11) is 1.47. The van der Waals surface area contributed by atoms with Gasteiger partial charge in [0.25, 0.3) is 0 Å². The largest absolute Gasteiger partial charge is 0.469 e. The summed E-state index contributed by atoms with van der Waals surface area (Å²) in [6.07, 6.45) is 6.80. The predicted octanol–water partition coefficient (Wildman–Crippen LogP) is 2.97. The van der Waals surface area contributed by atoms with Gasteiger partial charge in [0.2, 0.25) is 0 Å². The molecule has 0 aliphatic heterocycles. The minimum atomic E-state index is -0.0822. The van der Waals surface area contributed by atoms with Gasteiger partial charge >= 0.3 is 5.97 Å². The summed E-state index contributed by atoms with van der Waals surface area (Å²) in [6, 6.07) is 0. The van der Waals surface area contributed by atoms with Gasteiger partial charge in [-0.15, -0.1) is 0 Å². The number of Topliss-reactive ketones (excluding diaryl/α,β-unsaturated/α-hetero) is 1. The minimum absolute atomic E-state index is 0.00583. The van der Waals surface area contributed by atoms with Crippen molar-refractivity contribution in [3.8, 4) is 0 Å². The Labute approximate surface area is 109 Å². The first-order valence-electron chi connectivity index (χ1n) is 7.25. The first kappa shape index (κ1) is 13.6. The van der Waals surface area contributed by atoms with E-state index in [1.165, 1.54) is 20.0 Å². The van der Waals surface area contributed by atoms with Crippen LogP contribution in [0.2, 0.25) is 0 Å². The van der Waals surface area contributed by atoms with E-state index in [2.05, 4.69) is 6.92 Å². The molecule has 2 fully saturated rings. The Morgan fingerprint density at radius 1 is 1.17 bits per heavy atom. The molecule has 0 aromatic rings. The Morgan fingerprint density at radius 2 is 1.89 bits per heavy atom. The van der Waals surface area contributed by atoms with Crippen LogP contribution in [0.15, 0.2) is 0 Å². The fourth-order valence-corrected chi connectivity index (χ4v) is 3.92. The molecule has 2 aliphatic carbocycles. The van der Waals surface area contributed by atoms with Crippen molar-refractivity contribution in [3.63, 3.8) is 0 Å². The number of rotatable bonds is 1. The van der Waals surface area contributed by atoms with Gasteiger partial charge in [0, 0.05) is 12.3 Å². The lowest BCUT2D eigenvalue weighted by Crippen LogP contribution is -2.39. The fraction of sp³-hybridized carbons (Fsp3) is 0.867. The molecule has 2 saturated carbocycles. The number of esters is 1. The van der Waals surface area contributed by atoms with Gasteiger partial charge in [-0.2, -0.15) is 0 Å². The van der Waals surface area contributed by atoms with Crippen molar-refractivity contribution in [1.29, 1.82) is 0 Å². The molecule has 0 saturated heterocycles. The molecule has 0 heterocycles. The van der Waals surface area contributed by atoms with E-state index >= 15 is 0 Å². The Balaban J connectivity index is 2.18. The van der Waals surface area contributed by atoms with E-state index < -0.39 is 0 Å². The van der Waals surface area contributed by atoms with Crippen LogP contribution in [0.3, 0.4) is 0 Å². The summed E-state index contributed by atoms with van der Waals surface area (Å²) >= 11 is 0. The Morgan fingerprint density at radius 3 is 2.61 bits per heavy atom. The van der Waals surface area contributed by atoms with Gasteiger partial charge in [-0.1, -0.05) is 19.8 Å². The van der Waals surface area contributed by atoms with E-state index in [-0.39, 0.29) is 23.7 Å². The van der Waals surface area contributed by atoms with Crippen LogP contribution in [0.25, 0.3) is 0 Å². The summed E-state index contributed by atoms with van der Waals surface area (Å²) in [6.45, 7) is 2.14. The molecule has 2 aliphatic rings. The maximum absolute atomic E-state index is 12.2. The van der Waals surface area contributed by atoms with Crippen molar-refractivity contribution in [1.82, 2.24) is 0 Å². The zero-order valence-electron chi connectivity index (χ0n) is 11.5. The molecule has 2 rings (SSSR count). The SMILES string of the molecule is COC(=O)[C@@H]1CCCC(=O)[C@@H]2CCCC[C@@H]2[C@H]1C. The number of ketones is 1. The predicted molar refractivity (Wildman–Crippen MR) is 69.0 cm³/mol. The Hall–Kier alpha value is -0.860. The van der Waals surface area contributed by atoms with Crippen LogP contribution in [0.4, 0.5) is 0 Å². The lowest BCUT2D eigenvalue weighted by atomic mass is 9.65. The number of fused-ring (bicyclic) bond motifs is 1. The summed E-state index contributed by atoms with van der Waals surface area (Å²) in [5.41, 5.74) is 0. The molecule has 4 atom stereocenters. The topological polar surface area (TPSA) is 43.4 Å². The van der Waals surface area contributed by atoms with Crippen LogP contribution in [-0.4, -0.2) is 18.9 Å². The van der Waals surface area contributed by atoms with Crippen LogP contribution in [-0.2, 0) is 14.3 Å². The average molecular weight is 252 g/mol. The Bertz CT molecular complexity index is 324. The van der Waals surface area contributed by atoms with Crippen LogP contribution in [0.1, 0.15) is 51.9 Å². The van der Waals surface area contributed by atoms with E-state index in [0.29, 0.717) is 18.1 Å². The van der Waals surface area contributed by atoms with E-state index in [0.717, 1.165) is 25.7 Å². The number of methoxy groups -OCH3 is 1. The highest BCUT2D eigenvalue weighted by molar-refractivity contribution is 5.82. The fourth-order valence-electron chi connectivity index (χ4n) is 3.92. The number of hydrogen-bond donors (Lipinski definition) is 0. The molecule has 0 spiro atoms. The first-order valence-corrected chi connectivity index (χ1v) is 7.25. The van der Waals surface area contributed by atoms with E-state index in [9.17, 15) is 9.59 Å². The number of ether oxygens (including phenoxy) is 1. The van der Waals surface area contributed by atoms with Gasteiger partial charge in [0.1, 0.15) is 5.78 Å². The van der Waals surface area contributed by atoms with Gasteiger partial charge < -0.3 is 4.74 Å². The maximum atomic E-state index is 12.2. The van der Waals surface area contributed by atoms with Crippen molar-refractivity contribution in [3.05, 3.63) is 0 Å². The van der Waals surface area contributed by atoms with Gasteiger partial charge in [-0.25, -0.2) is 0 Å². The third kappa shape index (κ3) is 2.60. The third-order valence-electron chi connectivity index (χ3n) is 4.99. The van der Waals surface area contributed by atoms with Gasteiger partial charge in [0.05, 0.1) is 13.0 Å². The lowest BCUT2D eigenvalue weighted by molar-refractivity contribution is -0.150. The monoisotopic (exact) mass is 252 g/mol. The van der Waals surface area contributed by atoms with Crippen molar-refractivity contribution >= 4 is 11.8 Å². The van der Waals surface area contributed by atoms with Gasteiger partial charge in [0.15, 0.2) is 0 Å². The van der Waals surface area contributed by atoms with E-state index in [1.807, 2.05) is 0 Å². The molecule has 0 N–H and O–H groups in total. The molecule has 102 valence electrons. The van der Waals surface area contributed by atoms with Crippen molar-refractivity contribution in [2.45, 2.75) is 51.9 Å². The van der Waals surface area contributed by atoms with Crippen LogP contribution in [0.5, 0.6) is 0 Å². The molecule has 18 heavy (non-hydrogen) atoms. The van der Waals surface area contributed by atoms with Crippen LogP contribution in [0, 0.1) is 23.7 Å². The normalized spacial score (nSPS) is 37.3. The highest BCUT2D eigenvalue weighted by atomic mass is 16.5. The van der Waals surface area contributed by atoms with Crippen molar-refractivity contribution < 1.29 is 14.3 Å². The quantitative estimate of drug-likeness (QED) is 0.674. The summed E-state index contributed by atoms with van der Waals surface area (Å²) in [4.78, 5) is 24.1. The molecule has 0 amide bonds. The second-order valence-electron chi connectivity index (χ2n) is 5.90. The second-order valence-corrected chi connectivity index (χ2v) is 5.90. The van der Waals surface area contributed by atoms with Crippen molar-refractivity contribution in [2.75, 3.05) is 7.11 Å². The standard InChI is InChI=1S/C15H24O3/c1-10-11-6-3-4-7-13(11)14(16)9-5-8-12(10)15(17)18-2/h10-13H,3-9H2,1-2H3/t10-,11-,12-,13-/m1/s1. The minimum Gasteiger partial charge on any atom is -0.469 e. The molecule has 0 radical (unpaired) electrons. The highest BCUT2D eigenvalue weighted by Gasteiger charge is 2.40. The van der Waals surface area contributed by atoms with Gasteiger partial charge in [-0.05, 0) is 37.5 Å².